The molecule has 6 rings (SSSR count). The Kier molecular flexibility index (Phi) is 13.5. The van der Waals surface area contributed by atoms with E-state index < -0.39 is 36.0 Å². The van der Waals surface area contributed by atoms with Crippen LogP contribution in [0.4, 0.5) is 4.79 Å². The average molecular weight is 791 g/mol. The number of hydrogen-bond acceptors (Lipinski definition) is 10. The number of ether oxygens (including phenoxy) is 2. The number of hydrogen-bond donors (Lipinski definition) is 2. The number of Topliss-reactive ketones (excluding diaryl/α,β-unsaturated/α-hetero) is 2. The summed E-state index contributed by atoms with van der Waals surface area (Å²) in [6.07, 6.45) is 5.03. The normalized spacial score (nSPS) is 17.5. The third kappa shape index (κ3) is 9.67. The molecular formula is C44H50N6O8. The Morgan fingerprint density at radius 3 is 2.19 bits per heavy atom. The number of pyridine rings is 1. The fourth-order valence-electron chi connectivity index (χ4n) is 7.82. The molecule has 2 aromatic heterocycles. The number of rotatable bonds is 15. The Bertz CT molecular complexity index is 2100. The van der Waals surface area contributed by atoms with E-state index in [2.05, 4.69) is 20.3 Å². The van der Waals surface area contributed by atoms with Gasteiger partial charge >= 0.3 is 12.1 Å². The van der Waals surface area contributed by atoms with Gasteiger partial charge in [-0.15, -0.1) is 0 Å². The molecule has 4 heterocycles. The number of aromatic amines is 1. The van der Waals surface area contributed by atoms with E-state index >= 15 is 0 Å². The fraction of sp³-hybridized carbons (Fsp3) is 0.409. The van der Waals surface area contributed by atoms with Crippen LogP contribution < -0.4 is 5.32 Å². The summed E-state index contributed by atoms with van der Waals surface area (Å²) in [5.74, 6) is -1.27. The van der Waals surface area contributed by atoms with Gasteiger partial charge in [0.05, 0.1) is 62.6 Å². The number of amides is 3. The van der Waals surface area contributed by atoms with Crippen molar-refractivity contribution >= 4 is 35.4 Å². The van der Waals surface area contributed by atoms with Crippen molar-refractivity contribution in [3.63, 3.8) is 0 Å². The summed E-state index contributed by atoms with van der Waals surface area (Å²) in [6.45, 7) is 4.83. The Balaban J connectivity index is 1.04. The number of esters is 1. The lowest BCUT2D eigenvalue weighted by molar-refractivity contribution is -0.148. The molecule has 58 heavy (non-hydrogen) atoms. The second kappa shape index (κ2) is 18.8. The van der Waals surface area contributed by atoms with Gasteiger partial charge in [0.15, 0.2) is 5.78 Å². The van der Waals surface area contributed by atoms with Gasteiger partial charge in [-0.05, 0) is 54.4 Å². The standard InChI is InChI=1S/C44H50N6O8/c1-27(2)33(24-39(53)57-3)42(54)50-21-9-13-37(50)41-46-26-35(47-41)30-17-15-29(16-18-30)34-19-14-28(25-45-34)22-32(51)23-38(52)36-12-8-20-49(36)43(55)40(48-44(56)58-4)31-10-6-5-7-11-31/h5-7,10-11,14-19,25-27,33,36-37,40H,8-9,12-13,20-24H2,1-4H3,(H,46,47)(H,48,56)/t33-,36-,37-,40+/m0/s1. The van der Waals surface area contributed by atoms with E-state index in [-0.39, 0.29) is 48.7 Å². The molecule has 2 aliphatic heterocycles. The third-order valence-corrected chi connectivity index (χ3v) is 11.0. The number of likely N-dealkylation sites (tertiary alicyclic amines) is 2. The second-order valence-electron chi connectivity index (χ2n) is 15.2. The Morgan fingerprint density at radius 1 is 0.810 bits per heavy atom. The number of methoxy groups -OCH3 is 2. The van der Waals surface area contributed by atoms with Gasteiger partial charge in [-0.1, -0.05) is 74.5 Å². The Morgan fingerprint density at radius 2 is 1.52 bits per heavy atom. The number of carbonyl (C=O) groups is 6. The first kappa shape index (κ1) is 41.5. The first-order valence-corrected chi connectivity index (χ1v) is 19.7. The van der Waals surface area contributed by atoms with Crippen LogP contribution in [-0.4, -0.2) is 93.5 Å². The number of nitrogens with one attached hydrogen (secondary N) is 2. The van der Waals surface area contributed by atoms with Crippen LogP contribution in [0.15, 0.2) is 79.1 Å². The summed E-state index contributed by atoms with van der Waals surface area (Å²) < 4.78 is 9.58. The van der Waals surface area contributed by atoms with E-state index in [1.165, 1.54) is 19.1 Å². The molecule has 14 heteroatoms. The van der Waals surface area contributed by atoms with Gasteiger partial charge in [0.1, 0.15) is 17.6 Å². The SMILES string of the molecule is COC(=O)C[C@H](C(=O)N1CCC[C@H]1c1ncc(-c2ccc(-c3ccc(CC(=O)CC(=O)[C@@H]4CCCN4C(=O)[C@H](NC(=O)OC)c4ccccc4)cn3)cc2)[nH]1)C(C)C. The monoisotopic (exact) mass is 790 g/mol. The maximum Gasteiger partial charge on any atom is 0.407 e. The van der Waals surface area contributed by atoms with E-state index in [9.17, 15) is 28.8 Å². The molecule has 2 N–H and O–H groups in total. The summed E-state index contributed by atoms with van der Waals surface area (Å²) >= 11 is 0. The van der Waals surface area contributed by atoms with Crippen LogP contribution >= 0.6 is 0 Å². The van der Waals surface area contributed by atoms with Crippen molar-refractivity contribution < 1.29 is 38.2 Å². The van der Waals surface area contributed by atoms with Crippen molar-refractivity contribution in [1.82, 2.24) is 30.1 Å². The molecular weight excluding hydrogens is 741 g/mol. The molecule has 2 aliphatic rings. The van der Waals surface area contributed by atoms with Gasteiger partial charge < -0.3 is 29.6 Å². The first-order valence-electron chi connectivity index (χ1n) is 19.7. The highest BCUT2D eigenvalue weighted by Crippen LogP contribution is 2.35. The maximum atomic E-state index is 13.7. The molecule has 0 unspecified atom stereocenters. The van der Waals surface area contributed by atoms with E-state index in [0.717, 1.165) is 29.7 Å². The highest BCUT2D eigenvalue weighted by molar-refractivity contribution is 6.04. The van der Waals surface area contributed by atoms with Crippen LogP contribution in [-0.2, 0) is 39.9 Å². The topological polar surface area (TPSA) is 181 Å². The smallest absolute Gasteiger partial charge is 0.407 e. The summed E-state index contributed by atoms with van der Waals surface area (Å²) in [7, 11) is 2.55. The van der Waals surface area contributed by atoms with Crippen LogP contribution in [0.25, 0.3) is 22.5 Å². The summed E-state index contributed by atoms with van der Waals surface area (Å²) in [6, 6.07) is 18.2. The molecule has 14 nitrogen and oxygen atoms in total. The summed E-state index contributed by atoms with van der Waals surface area (Å²) in [5.41, 5.74) is 4.53. The molecule has 0 radical (unpaired) electrons. The second-order valence-corrected chi connectivity index (χ2v) is 15.2. The van der Waals surface area contributed by atoms with Crippen molar-refractivity contribution in [3.05, 3.63) is 96.1 Å². The van der Waals surface area contributed by atoms with Crippen molar-refractivity contribution in [2.24, 2.45) is 11.8 Å². The molecule has 2 fully saturated rings. The van der Waals surface area contributed by atoms with Crippen molar-refractivity contribution in [1.29, 1.82) is 0 Å². The minimum absolute atomic E-state index is 0.0180. The number of alkyl carbamates (subject to hydrolysis) is 1. The highest BCUT2D eigenvalue weighted by Gasteiger charge is 2.39. The van der Waals surface area contributed by atoms with Crippen molar-refractivity contribution in [2.75, 3.05) is 27.3 Å². The molecule has 0 spiro atoms. The van der Waals surface area contributed by atoms with Gasteiger partial charge in [-0.3, -0.25) is 29.0 Å². The molecule has 304 valence electrons. The Labute approximate surface area is 337 Å². The Hall–Kier alpha value is -6.18. The zero-order valence-electron chi connectivity index (χ0n) is 33.3. The number of nitrogens with zero attached hydrogens (tertiary/aromatic N) is 4. The molecule has 2 saturated heterocycles. The van der Waals surface area contributed by atoms with E-state index in [4.69, 9.17) is 9.47 Å². The number of H-pyrrole nitrogens is 1. The highest BCUT2D eigenvalue weighted by atomic mass is 16.5. The van der Waals surface area contributed by atoms with Gasteiger partial charge in [0.25, 0.3) is 5.91 Å². The van der Waals surface area contributed by atoms with Crippen LogP contribution in [0.2, 0.25) is 0 Å². The number of carbonyl (C=O) groups excluding carboxylic acids is 6. The minimum atomic E-state index is -1.03. The summed E-state index contributed by atoms with van der Waals surface area (Å²) in [4.78, 5) is 93.8. The molecule has 3 amide bonds. The average Bonchev–Trinajstić information content (AvgIpc) is 4.04. The van der Waals surface area contributed by atoms with Crippen LogP contribution in [0.5, 0.6) is 0 Å². The number of benzene rings is 2. The van der Waals surface area contributed by atoms with Crippen molar-refractivity contribution in [3.8, 4) is 22.5 Å². The van der Waals surface area contributed by atoms with Crippen LogP contribution in [0.1, 0.15) is 81.4 Å². The van der Waals surface area contributed by atoms with Gasteiger partial charge in [-0.25, -0.2) is 9.78 Å². The first-order chi connectivity index (χ1) is 28.0. The number of ketones is 2. The predicted octanol–water partition coefficient (Wildman–Crippen LogP) is 5.80. The molecule has 0 bridgehead atoms. The zero-order chi connectivity index (χ0) is 41.3. The quantitative estimate of drug-likeness (QED) is 0.110. The van der Waals surface area contributed by atoms with Crippen molar-refractivity contribution in [2.45, 2.75) is 76.9 Å². The van der Waals surface area contributed by atoms with E-state index in [1.807, 2.05) is 55.1 Å². The molecule has 4 atom stereocenters. The fourth-order valence-corrected chi connectivity index (χ4v) is 7.82. The summed E-state index contributed by atoms with van der Waals surface area (Å²) in [5, 5.41) is 2.58. The number of imidazole rings is 1. The van der Waals surface area contributed by atoms with E-state index in [0.29, 0.717) is 48.6 Å². The van der Waals surface area contributed by atoms with E-state index in [1.54, 1.807) is 42.7 Å². The maximum absolute atomic E-state index is 13.7. The third-order valence-electron chi connectivity index (χ3n) is 11.0. The lowest BCUT2D eigenvalue weighted by Crippen LogP contribution is -2.47. The van der Waals surface area contributed by atoms with Gasteiger partial charge in [0, 0.05) is 31.3 Å². The molecule has 2 aromatic carbocycles. The minimum Gasteiger partial charge on any atom is -0.469 e. The molecule has 4 aromatic rings. The van der Waals surface area contributed by atoms with Gasteiger partial charge in [0.2, 0.25) is 5.91 Å². The predicted molar refractivity (Wildman–Crippen MR) is 214 cm³/mol. The van der Waals surface area contributed by atoms with Crippen LogP contribution in [0.3, 0.4) is 0 Å². The number of aromatic nitrogens is 3. The van der Waals surface area contributed by atoms with Gasteiger partial charge in [-0.2, -0.15) is 0 Å². The lowest BCUT2D eigenvalue weighted by Gasteiger charge is -2.29. The largest absolute Gasteiger partial charge is 0.469 e. The zero-order valence-corrected chi connectivity index (χ0v) is 33.3. The molecule has 0 saturated carbocycles. The molecule has 0 aliphatic carbocycles. The van der Waals surface area contributed by atoms with Crippen LogP contribution in [0, 0.1) is 11.8 Å². The lowest BCUT2D eigenvalue weighted by atomic mass is 9.91.